The summed E-state index contributed by atoms with van der Waals surface area (Å²) in [6.07, 6.45) is 16.8. The van der Waals surface area contributed by atoms with Crippen LogP contribution in [0.15, 0.2) is 0 Å². The third-order valence-electron chi connectivity index (χ3n) is 5.02. The number of hydrogen-bond acceptors (Lipinski definition) is 2. The fourth-order valence-electron chi connectivity index (χ4n) is 3.35. The van der Waals surface area contributed by atoms with Crippen molar-refractivity contribution in [3.8, 4) is 0 Å². The van der Waals surface area contributed by atoms with Crippen LogP contribution in [0.1, 0.15) is 118 Å². The summed E-state index contributed by atoms with van der Waals surface area (Å²) in [5.74, 6) is 0.778. The highest BCUT2D eigenvalue weighted by Crippen LogP contribution is 2.21. The largest absolute Gasteiger partial charge is 0.465 e. The number of hydrogen-bond donors (Lipinski definition) is 0. The topological polar surface area (TPSA) is 26.3 Å². The molecule has 0 aliphatic heterocycles. The van der Waals surface area contributed by atoms with Crippen molar-refractivity contribution in [2.24, 2.45) is 11.8 Å². The molecule has 2 atom stereocenters. The van der Waals surface area contributed by atoms with E-state index in [-0.39, 0.29) is 11.9 Å². The summed E-state index contributed by atoms with van der Waals surface area (Å²) in [4.78, 5) is 12.5. The zero-order valence-corrected chi connectivity index (χ0v) is 17.1. The van der Waals surface area contributed by atoms with E-state index < -0.39 is 0 Å². The molecule has 0 saturated carbocycles. The molecule has 0 N–H and O–H groups in total. The zero-order chi connectivity index (χ0) is 18.0. The standard InChI is InChI=1S/C22H44O2/c1-5-9-12-14-17-20(16-11-7-3)19-24-22(23)21(15-8-4)18-13-10-6-2/h20-21H,5-19H2,1-4H3. The Morgan fingerprint density at radius 2 is 1.25 bits per heavy atom. The van der Waals surface area contributed by atoms with Crippen LogP contribution in [0.25, 0.3) is 0 Å². The van der Waals surface area contributed by atoms with Gasteiger partial charge in [-0.15, -0.1) is 0 Å². The third-order valence-corrected chi connectivity index (χ3v) is 5.02. The zero-order valence-electron chi connectivity index (χ0n) is 17.1. The van der Waals surface area contributed by atoms with Gasteiger partial charge in [0.2, 0.25) is 0 Å². The van der Waals surface area contributed by atoms with Gasteiger partial charge in [-0.1, -0.05) is 91.9 Å². The van der Waals surface area contributed by atoms with Gasteiger partial charge in [0.1, 0.15) is 0 Å². The fraction of sp³-hybridized carbons (Fsp3) is 0.955. The van der Waals surface area contributed by atoms with Gasteiger partial charge in [-0.25, -0.2) is 0 Å². The molecule has 0 aromatic carbocycles. The van der Waals surface area contributed by atoms with E-state index in [1.807, 2.05) is 0 Å². The van der Waals surface area contributed by atoms with Crippen molar-refractivity contribution in [3.05, 3.63) is 0 Å². The van der Waals surface area contributed by atoms with Crippen molar-refractivity contribution in [3.63, 3.8) is 0 Å². The van der Waals surface area contributed by atoms with Crippen LogP contribution in [0.4, 0.5) is 0 Å². The summed E-state index contributed by atoms with van der Waals surface area (Å²) in [6, 6.07) is 0. The number of ether oxygens (including phenoxy) is 1. The maximum Gasteiger partial charge on any atom is 0.308 e. The van der Waals surface area contributed by atoms with Crippen LogP contribution in [-0.2, 0) is 9.53 Å². The highest BCUT2D eigenvalue weighted by molar-refractivity contribution is 5.72. The highest BCUT2D eigenvalue weighted by atomic mass is 16.5. The van der Waals surface area contributed by atoms with E-state index in [0.29, 0.717) is 12.5 Å². The Kier molecular flexibility index (Phi) is 16.9. The maximum atomic E-state index is 12.5. The molecule has 0 amide bonds. The first kappa shape index (κ1) is 23.5. The molecule has 0 heterocycles. The molecule has 0 radical (unpaired) electrons. The van der Waals surface area contributed by atoms with Gasteiger partial charge in [-0.3, -0.25) is 4.79 Å². The molecule has 2 nitrogen and oxygen atoms in total. The normalized spacial score (nSPS) is 13.7. The smallest absolute Gasteiger partial charge is 0.308 e. The van der Waals surface area contributed by atoms with Crippen molar-refractivity contribution >= 4 is 5.97 Å². The summed E-state index contributed by atoms with van der Waals surface area (Å²) in [5, 5.41) is 0. The van der Waals surface area contributed by atoms with E-state index >= 15 is 0 Å². The SMILES string of the molecule is CCCCCCC(CCCC)COC(=O)C(CCC)CCCCC. The van der Waals surface area contributed by atoms with E-state index in [1.54, 1.807) is 0 Å². The molecule has 0 aromatic rings. The fourth-order valence-corrected chi connectivity index (χ4v) is 3.35. The van der Waals surface area contributed by atoms with Crippen LogP contribution in [-0.4, -0.2) is 12.6 Å². The number of unbranched alkanes of at least 4 members (excludes halogenated alkanes) is 6. The second-order valence-corrected chi connectivity index (χ2v) is 7.47. The molecule has 0 spiro atoms. The molecule has 2 unspecified atom stereocenters. The second-order valence-electron chi connectivity index (χ2n) is 7.47. The summed E-state index contributed by atoms with van der Waals surface area (Å²) in [7, 11) is 0. The summed E-state index contributed by atoms with van der Waals surface area (Å²) < 4.78 is 5.76. The Balaban J connectivity index is 4.25. The number of carbonyl (C=O) groups excluding carboxylic acids is 1. The van der Waals surface area contributed by atoms with Crippen LogP contribution >= 0.6 is 0 Å². The Bertz CT molecular complexity index is 275. The first-order valence-corrected chi connectivity index (χ1v) is 10.9. The summed E-state index contributed by atoms with van der Waals surface area (Å²) >= 11 is 0. The summed E-state index contributed by atoms with van der Waals surface area (Å²) in [6.45, 7) is 9.52. The van der Waals surface area contributed by atoms with Crippen molar-refractivity contribution in [1.29, 1.82) is 0 Å². The van der Waals surface area contributed by atoms with Crippen molar-refractivity contribution in [2.75, 3.05) is 6.61 Å². The van der Waals surface area contributed by atoms with Gasteiger partial charge in [-0.2, -0.15) is 0 Å². The monoisotopic (exact) mass is 340 g/mol. The lowest BCUT2D eigenvalue weighted by atomic mass is 9.95. The van der Waals surface area contributed by atoms with E-state index in [2.05, 4.69) is 27.7 Å². The molecular formula is C22H44O2. The Morgan fingerprint density at radius 1 is 0.667 bits per heavy atom. The van der Waals surface area contributed by atoms with Gasteiger partial charge < -0.3 is 4.74 Å². The van der Waals surface area contributed by atoms with Gasteiger partial charge >= 0.3 is 5.97 Å². The molecule has 0 saturated heterocycles. The molecule has 144 valence electrons. The summed E-state index contributed by atoms with van der Waals surface area (Å²) in [5.41, 5.74) is 0. The Labute approximate surface area is 152 Å². The third kappa shape index (κ3) is 12.8. The maximum absolute atomic E-state index is 12.5. The molecule has 24 heavy (non-hydrogen) atoms. The van der Waals surface area contributed by atoms with E-state index in [0.717, 1.165) is 25.7 Å². The highest BCUT2D eigenvalue weighted by Gasteiger charge is 2.20. The lowest BCUT2D eigenvalue weighted by molar-refractivity contribution is -0.150. The minimum atomic E-state index is 0.0722. The molecule has 0 fully saturated rings. The van der Waals surface area contributed by atoms with Crippen LogP contribution in [0.3, 0.4) is 0 Å². The van der Waals surface area contributed by atoms with Gasteiger partial charge in [0.15, 0.2) is 0 Å². The minimum absolute atomic E-state index is 0.0722. The first-order valence-electron chi connectivity index (χ1n) is 10.9. The van der Waals surface area contributed by atoms with Crippen LogP contribution in [0, 0.1) is 11.8 Å². The van der Waals surface area contributed by atoms with E-state index in [9.17, 15) is 4.79 Å². The van der Waals surface area contributed by atoms with Crippen molar-refractivity contribution < 1.29 is 9.53 Å². The molecule has 0 aromatic heterocycles. The lowest BCUT2D eigenvalue weighted by Crippen LogP contribution is -2.21. The van der Waals surface area contributed by atoms with Gasteiger partial charge in [0, 0.05) is 0 Å². The second kappa shape index (κ2) is 17.3. The molecule has 0 rings (SSSR count). The quantitative estimate of drug-likeness (QED) is 0.205. The Morgan fingerprint density at radius 3 is 1.88 bits per heavy atom. The average molecular weight is 341 g/mol. The van der Waals surface area contributed by atoms with E-state index in [1.165, 1.54) is 64.2 Å². The number of carbonyl (C=O) groups is 1. The molecule has 0 aliphatic rings. The number of esters is 1. The molecule has 2 heteroatoms. The van der Waals surface area contributed by atoms with Gasteiger partial charge in [-0.05, 0) is 31.6 Å². The molecular weight excluding hydrogens is 296 g/mol. The van der Waals surface area contributed by atoms with E-state index in [4.69, 9.17) is 4.74 Å². The predicted molar refractivity (Wildman–Crippen MR) is 105 cm³/mol. The molecule has 0 bridgehead atoms. The van der Waals surface area contributed by atoms with Gasteiger partial charge in [0.25, 0.3) is 0 Å². The van der Waals surface area contributed by atoms with Crippen molar-refractivity contribution in [1.82, 2.24) is 0 Å². The predicted octanol–water partition coefficient (Wildman–Crippen LogP) is 7.30. The van der Waals surface area contributed by atoms with Gasteiger partial charge in [0.05, 0.1) is 12.5 Å². The Hall–Kier alpha value is -0.530. The first-order chi connectivity index (χ1) is 11.7. The van der Waals surface area contributed by atoms with Crippen LogP contribution in [0.5, 0.6) is 0 Å². The van der Waals surface area contributed by atoms with Crippen LogP contribution in [0.2, 0.25) is 0 Å². The minimum Gasteiger partial charge on any atom is -0.465 e. The van der Waals surface area contributed by atoms with Crippen LogP contribution < -0.4 is 0 Å². The van der Waals surface area contributed by atoms with Crippen molar-refractivity contribution in [2.45, 2.75) is 118 Å². The average Bonchev–Trinajstić information content (AvgIpc) is 2.59. The molecule has 0 aliphatic carbocycles. The number of rotatable bonds is 17. The lowest BCUT2D eigenvalue weighted by Gasteiger charge is -2.20.